The summed E-state index contributed by atoms with van der Waals surface area (Å²) in [6.45, 7) is 14.2. The van der Waals surface area contributed by atoms with E-state index in [1.54, 1.807) is 31.7 Å². The van der Waals surface area contributed by atoms with E-state index in [0.717, 1.165) is 11.8 Å². The van der Waals surface area contributed by atoms with Crippen molar-refractivity contribution in [3.8, 4) is 0 Å². The first kappa shape index (κ1) is 13.6. The molecule has 1 heteroatoms. The molecule has 1 heterocycles. The van der Waals surface area contributed by atoms with Crippen LogP contribution in [-0.2, 0) is 16.6 Å². The van der Waals surface area contributed by atoms with Crippen molar-refractivity contribution in [3.05, 3.63) is 42.2 Å². The van der Waals surface area contributed by atoms with E-state index in [9.17, 15) is 0 Å². The summed E-state index contributed by atoms with van der Waals surface area (Å²) in [5, 5.41) is 0. The zero-order chi connectivity index (χ0) is 13.9. The molecule has 1 fully saturated rings. The van der Waals surface area contributed by atoms with Crippen molar-refractivity contribution in [1.29, 1.82) is 0 Å². The molecule has 0 N–H and O–H groups in total. The molecule has 0 radical (unpaired) electrons. The summed E-state index contributed by atoms with van der Waals surface area (Å²) < 4.78 is 6.94. The Hall–Kier alpha value is -0.326. The SMILES string of the molecule is CC1=CC(C)[C]([Ti]2([C]3=C(C)C=C(C)C3C)[CH2][CH2]2)=C1C. The molecule has 3 aliphatic rings. The summed E-state index contributed by atoms with van der Waals surface area (Å²) >= 11 is -1.86. The van der Waals surface area contributed by atoms with E-state index in [1.165, 1.54) is 0 Å². The molecule has 1 saturated heterocycles. The van der Waals surface area contributed by atoms with Crippen molar-refractivity contribution < 1.29 is 16.6 Å². The first-order valence-corrected chi connectivity index (χ1v) is 11.4. The average molecular weight is 290 g/mol. The van der Waals surface area contributed by atoms with Crippen LogP contribution in [0.5, 0.6) is 0 Å². The van der Waals surface area contributed by atoms with Crippen molar-refractivity contribution in [2.24, 2.45) is 11.8 Å². The van der Waals surface area contributed by atoms with Crippen molar-refractivity contribution in [2.45, 2.75) is 51.0 Å². The van der Waals surface area contributed by atoms with E-state index in [-0.39, 0.29) is 0 Å². The van der Waals surface area contributed by atoms with Crippen LogP contribution in [0.15, 0.2) is 42.2 Å². The van der Waals surface area contributed by atoms with Crippen LogP contribution in [-0.4, -0.2) is 0 Å². The van der Waals surface area contributed by atoms with E-state index in [4.69, 9.17) is 0 Å². The monoisotopic (exact) mass is 290 g/mol. The molecule has 0 amide bonds. The van der Waals surface area contributed by atoms with Gasteiger partial charge in [0.05, 0.1) is 0 Å². The standard InChI is InChI=1S/2C8H11.C2H4.Ti/c2*1-6-4-7(2)8(3)5-6;1-2;/h4,8H,1-3H3;4,6H,1-3H3;1-2H2;. The predicted molar refractivity (Wildman–Crippen MR) is 80.9 cm³/mol. The molecule has 102 valence electrons. The molecule has 0 aromatic carbocycles. The van der Waals surface area contributed by atoms with Gasteiger partial charge in [0.2, 0.25) is 0 Å². The zero-order valence-electron chi connectivity index (χ0n) is 13.2. The summed E-state index contributed by atoms with van der Waals surface area (Å²) in [5.74, 6) is 1.45. The van der Waals surface area contributed by atoms with Gasteiger partial charge in [0, 0.05) is 0 Å². The minimum absolute atomic E-state index is 0.718. The molecule has 0 spiro atoms. The van der Waals surface area contributed by atoms with Crippen molar-refractivity contribution in [2.75, 3.05) is 0 Å². The third-order valence-corrected chi connectivity index (χ3v) is 13.9. The van der Waals surface area contributed by atoms with Crippen LogP contribution in [0.1, 0.15) is 41.5 Å². The van der Waals surface area contributed by atoms with Gasteiger partial charge >= 0.3 is 122 Å². The van der Waals surface area contributed by atoms with Crippen LogP contribution in [0.2, 0.25) is 9.45 Å². The van der Waals surface area contributed by atoms with Crippen LogP contribution in [0, 0.1) is 11.8 Å². The zero-order valence-corrected chi connectivity index (χ0v) is 14.8. The Balaban J connectivity index is 2.06. The second-order valence-electron chi connectivity index (χ2n) is 6.97. The molecular weight excluding hydrogens is 264 g/mol. The van der Waals surface area contributed by atoms with E-state index < -0.39 is 16.6 Å². The van der Waals surface area contributed by atoms with E-state index in [0.29, 0.717) is 0 Å². The molecule has 19 heavy (non-hydrogen) atoms. The van der Waals surface area contributed by atoms with Crippen molar-refractivity contribution in [1.82, 2.24) is 0 Å². The van der Waals surface area contributed by atoms with Crippen molar-refractivity contribution >= 4 is 0 Å². The van der Waals surface area contributed by atoms with E-state index in [2.05, 4.69) is 53.7 Å². The van der Waals surface area contributed by atoms with Gasteiger partial charge in [-0.25, -0.2) is 0 Å². The first-order chi connectivity index (χ1) is 8.88. The van der Waals surface area contributed by atoms with Gasteiger partial charge in [0.25, 0.3) is 0 Å². The van der Waals surface area contributed by atoms with E-state index >= 15 is 0 Å². The number of hydrogen-bond donors (Lipinski definition) is 0. The fourth-order valence-electron chi connectivity index (χ4n) is 4.65. The minimum atomic E-state index is -1.86. The molecule has 0 aromatic rings. The third kappa shape index (κ3) is 1.83. The first-order valence-electron chi connectivity index (χ1n) is 7.68. The quantitative estimate of drug-likeness (QED) is 0.570. The molecule has 1 aliphatic heterocycles. The predicted octanol–water partition coefficient (Wildman–Crippen LogP) is 5.73. The Kier molecular flexibility index (Phi) is 3.11. The van der Waals surface area contributed by atoms with Crippen LogP contribution >= 0.6 is 0 Å². The molecule has 2 aliphatic carbocycles. The van der Waals surface area contributed by atoms with Crippen LogP contribution in [0.25, 0.3) is 0 Å². The molecule has 0 aromatic heterocycles. The van der Waals surface area contributed by atoms with E-state index in [1.807, 2.05) is 7.76 Å². The molecule has 2 unspecified atom stereocenters. The molecule has 0 nitrogen and oxygen atoms in total. The molecule has 0 bridgehead atoms. The summed E-state index contributed by atoms with van der Waals surface area (Å²) in [4.78, 5) is 0. The Morgan fingerprint density at radius 2 is 1.63 bits per heavy atom. The molecule has 2 atom stereocenters. The second-order valence-corrected chi connectivity index (χ2v) is 13.6. The van der Waals surface area contributed by atoms with Gasteiger partial charge in [-0.15, -0.1) is 0 Å². The van der Waals surface area contributed by atoms with Crippen LogP contribution in [0.3, 0.4) is 0 Å². The molecule has 3 rings (SSSR count). The third-order valence-electron chi connectivity index (χ3n) is 5.72. The maximum atomic E-state index is 2.51. The van der Waals surface area contributed by atoms with Gasteiger partial charge in [-0.05, 0) is 0 Å². The van der Waals surface area contributed by atoms with Crippen LogP contribution in [0.4, 0.5) is 0 Å². The Morgan fingerprint density at radius 3 is 2.00 bits per heavy atom. The summed E-state index contributed by atoms with van der Waals surface area (Å²) in [6, 6.07) is 0. The fraction of sp³-hybridized carbons (Fsp3) is 0.556. The Morgan fingerprint density at radius 1 is 1.00 bits per heavy atom. The second kappa shape index (κ2) is 4.33. The summed E-state index contributed by atoms with van der Waals surface area (Å²) in [5.41, 5.74) is 6.42. The maximum absolute atomic E-state index is 2.51. The van der Waals surface area contributed by atoms with Crippen molar-refractivity contribution in [3.63, 3.8) is 0 Å². The number of rotatable bonds is 2. The summed E-state index contributed by atoms with van der Waals surface area (Å²) in [6.07, 6.45) is 4.97. The van der Waals surface area contributed by atoms with Gasteiger partial charge < -0.3 is 0 Å². The molecular formula is C18H26Ti. The van der Waals surface area contributed by atoms with Gasteiger partial charge in [0.15, 0.2) is 0 Å². The number of allylic oxidation sites excluding steroid dienone is 8. The Labute approximate surface area is 121 Å². The van der Waals surface area contributed by atoms with Gasteiger partial charge in [-0.1, -0.05) is 0 Å². The fourth-order valence-corrected chi connectivity index (χ4v) is 14.6. The van der Waals surface area contributed by atoms with Gasteiger partial charge in [-0.3, -0.25) is 0 Å². The van der Waals surface area contributed by atoms with Gasteiger partial charge in [0.1, 0.15) is 0 Å². The topological polar surface area (TPSA) is 0 Å². The summed E-state index contributed by atoms with van der Waals surface area (Å²) in [7, 11) is 0. The molecule has 0 saturated carbocycles. The van der Waals surface area contributed by atoms with Gasteiger partial charge in [-0.2, -0.15) is 0 Å². The normalized spacial score (nSPS) is 32.9. The Bertz CT molecular complexity index is 564. The average Bonchev–Trinajstić information content (AvgIpc) is 2.98. The number of hydrogen-bond acceptors (Lipinski definition) is 0. The van der Waals surface area contributed by atoms with Crippen LogP contribution < -0.4 is 0 Å².